The standard InChI is InChI=1S/C38H72O10/c1-3-5-7-9-11-13-15-17-19-21-23-25-27-29-31(39)47-37(45)35(43)33(41)34(42)36(44)38(46)48-32(40)30-28-26-24-22-20-18-16-14-12-10-8-6-4-2/h33-37,41-45H,3-30H2,1-2H3/t33-,34-,35-,36+,37?/m0/s1. The van der Waals surface area contributed by atoms with E-state index >= 15 is 0 Å². The first-order valence-corrected chi connectivity index (χ1v) is 19.5. The maximum Gasteiger partial charge on any atom is 0.345 e. The summed E-state index contributed by atoms with van der Waals surface area (Å²) >= 11 is 0. The zero-order valence-electron chi connectivity index (χ0n) is 30.5. The van der Waals surface area contributed by atoms with Crippen LogP contribution in [0.2, 0.25) is 0 Å². The SMILES string of the molecule is CCCCCCCCCCCCCCCC(=O)OC(=O)[C@H](O)[C@@H](O)[C@H](O)[C@H](O)C(O)OC(=O)CCCCCCCCCCCCCCC. The van der Waals surface area contributed by atoms with E-state index in [1.165, 1.54) is 103 Å². The monoisotopic (exact) mass is 689 g/mol. The van der Waals surface area contributed by atoms with E-state index in [0.717, 1.165) is 51.4 Å². The highest BCUT2D eigenvalue weighted by Crippen LogP contribution is 2.16. The summed E-state index contributed by atoms with van der Waals surface area (Å²) in [5.41, 5.74) is 0. The smallest absolute Gasteiger partial charge is 0.345 e. The third-order valence-corrected chi connectivity index (χ3v) is 8.99. The van der Waals surface area contributed by atoms with E-state index in [0.29, 0.717) is 12.8 Å². The highest BCUT2D eigenvalue weighted by atomic mass is 16.6. The number of ether oxygens (including phenoxy) is 2. The average Bonchev–Trinajstić information content (AvgIpc) is 3.07. The summed E-state index contributed by atoms with van der Waals surface area (Å²) in [5.74, 6) is -3.14. The number of carbonyl (C=O) groups is 3. The van der Waals surface area contributed by atoms with Crippen molar-refractivity contribution in [2.24, 2.45) is 0 Å². The fraction of sp³-hybridized carbons (Fsp3) is 0.921. The number of aliphatic hydroxyl groups excluding tert-OH is 5. The van der Waals surface area contributed by atoms with E-state index in [1.807, 2.05) is 0 Å². The van der Waals surface area contributed by atoms with Gasteiger partial charge in [0.15, 0.2) is 6.10 Å². The number of hydrogen-bond acceptors (Lipinski definition) is 10. The van der Waals surface area contributed by atoms with E-state index in [4.69, 9.17) is 4.74 Å². The molecule has 0 radical (unpaired) electrons. The van der Waals surface area contributed by atoms with Gasteiger partial charge in [-0.2, -0.15) is 0 Å². The van der Waals surface area contributed by atoms with Crippen molar-refractivity contribution in [3.05, 3.63) is 0 Å². The second-order valence-corrected chi connectivity index (χ2v) is 13.6. The lowest BCUT2D eigenvalue weighted by Gasteiger charge is -2.27. The Morgan fingerprint density at radius 1 is 0.417 bits per heavy atom. The van der Waals surface area contributed by atoms with Crippen LogP contribution in [-0.2, 0) is 23.9 Å². The van der Waals surface area contributed by atoms with Gasteiger partial charge in [-0.25, -0.2) is 4.79 Å². The quantitative estimate of drug-likeness (QED) is 0.0200. The molecule has 48 heavy (non-hydrogen) atoms. The molecule has 1 unspecified atom stereocenters. The molecule has 0 aromatic carbocycles. The first-order valence-electron chi connectivity index (χ1n) is 19.5. The van der Waals surface area contributed by atoms with Crippen LogP contribution < -0.4 is 0 Å². The predicted molar refractivity (Wildman–Crippen MR) is 188 cm³/mol. The molecule has 0 bridgehead atoms. The van der Waals surface area contributed by atoms with Crippen molar-refractivity contribution >= 4 is 17.9 Å². The number of carbonyl (C=O) groups excluding carboxylic acids is 3. The molecule has 0 amide bonds. The van der Waals surface area contributed by atoms with Gasteiger partial charge >= 0.3 is 17.9 Å². The van der Waals surface area contributed by atoms with Crippen LogP contribution in [0.3, 0.4) is 0 Å². The lowest BCUT2D eigenvalue weighted by molar-refractivity contribution is -0.215. The predicted octanol–water partition coefficient (Wildman–Crippen LogP) is 7.32. The molecule has 10 heteroatoms. The van der Waals surface area contributed by atoms with Crippen LogP contribution in [0.5, 0.6) is 0 Å². The molecule has 0 aliphatic rings. The lowest BCUT2D eigenvalue weighted by atomic mass is 10.0. The normalized spacial score (nSPS) is 14.6. The third kappa shape index (κ3) is 26.3. The first kappa shape index (κ1) is 46.4. The summed E-state index contributed by atoms with van der Waals surface area (Å²) in [6, 6.07) is 0. The molecule has 0 aliphatic carbocycles. The summed E-state index contributed by atoms with van der Waals surface area (Å²) in [6.07, 6.45) is 18.4. The Balaban J connectivity index is 4.01. The molecule has 0 aromatic heterocycles. The minimum atomic E-state index is -2.36. The van der Waals surface area contributed by atoms with Crippen molar-refractivity contribution in [3.63, 3.8) is 0 Å². The number of rotatable bonds is 34. The van der Waals surface area contributed by atoms with Gasteiger partial charge in [0.25, 0.3) is 0 Å². The largest absolute Gasteiger partial charge is 0.433 e. The van der Waals surface area contributed by atoms with Gasteiger partial charge in [-0.1, -0.05) is 168 Å². The average molecular weight is 689 g/mol. The van der Waals surface area contributed by atoms with Crippen LogP contribution in [0.1, 0.15) is 194 Å². The number of aliphatic hydroxyl groups is 5. The van der Waals surface area contributed by atoms with Crippen LogP contribution in [0, 0.1) is 0 Å². The summed E-state index contributed by atoms with van der Waals surface area (Å²) in [4.78, 5) is 36.2. The number of esters is 3. The highest BCUT2D eigenvalue weighted by molar-refractivity contribution is 5.88. The van der Waals surface area contributed by atoms with Gasteiger partial charge in [0.2, 0.25) is 6.29 Å². The van der Waals surface area contributed by atoms with Crippen molar-refractivity contribution in [3.8, 4) is 0 Å². The molecule has 5 N–H and O–H groups in total. The second-order valence-electron chi connectivity index (χ2n) is 13.6. The Hall–Kier alpha value is -1.59. The van der Waals surface area contributed by atoms with Crippen molar-refractivity contribution in [2.45, 2.75) is 224 Å². The van der Waals surface area contributed by atoms with Gasteiger partial charge in [0.05, 0.1) is 0 Å². The van der Waals surface area contributed by atoms with E-state index in [9.17, 15) is 39.9 Å². The first-order chi connectivity index (χ1) is 23.1. The Morgan fingerprint density at radius 2 is 0.729 bits per heavy atom. The van der Waals surface area contributed by atoms with Crippen LogP contribution in [0.15, 0.2) is 0 Å². The molecule has 0 heterocycles. The van der Waals surface area contributed by atoms with Crippen molar-refractivity contribution < 1.29 is 49.4 Å². The van der Waals surface area contributed by atoms with Gasteiger partial charge in [-0.05, 0) is 12.8 Å². The minimum absolute atomic E-state index is 0.0104. The summed E-state index contributed by atoms with van der Waals surface area (Å²) in [5, 5.41) is 50.5. The van der Waals surface area contributed by atoms with E-state index in [2.05, 4.69) is 18.6 Å². The maximum atomic E-state index is 12.1. The fourth-order valence-corrected chi connectivity index (χ4v) is 5.76. The molecule has 0 saturated heterocycles. The Kier molecular flexibility index (Phi) is 31.5. The molecule has 0 aliphatic heterocycles. The topological polar surface area (TPSA) is 171 Å². The Bertz CT molecular complexity index is 777. The molecule has 10 nitrogen and oxygen atoms in total. The molecule has 0 fully saturated rings. The lowest BCUT2D eigenvalue weighted by Crippen LogP contribution is -2.52. The molecule has 0 rings (SSSR count). The van der Waals surface area contributed by atoms with Gasteiger partial charge in [0.1, 0.15) is 18.3 Å². The maximum absolute atomic E-state index is 12.1. The Labute approximate surface area is 291 Å². The van der Waals surface area contributed by atoms with Gasteiger partial charge in [0, 0.05) is 12.8 Å². The molecule has 5 atom stereocenters. The van der Waals surface area contributed by atoms with Crippen molar-refractivity contribution in [1.29, 1.82) is 0 Å². The second kappa shape index (κ2) is 32.6. The Morgan fingerprint density at radius 3 is 1.08 bits per heavy atom. The molecular formula is C38H72O10. The van der Waals surface area contributed by atoms with Crippen LogP contribution in [0.25, 0.3) is 0 Å². The summed E-state index contributed by atoms with van der Waals surface area (Å²) in [7, 11) is 0. The number of unbranched alkanes of at least 4 members (excludes halogenated alkanes) is 24. The van der Waals surface area contributed by atoms with E-state index in [-0.39, 0.29) is 12.8 Å². The fourth-order valence-electron chi connectivity index (χ4n) is 5.76. The zero-order chi connectivity index (χ0) is 35.8. The van der Waals surface area contributed by atoms with Crippen LogP contribution in [-0.4, -0.2) is 74.1 Å². The van der Waals surface area contributed by atoms with Crippen molar-refractivity contribution in [2.75, 3.05) is 0 Å². The summed E-state index contributed by atoms with van der Waals surface area (Å²) in [6.45, 7) is 4.44. The van der Waals surface area contributed by atoms with Crippen LogP contribution >= 0.6 is 0 Å². The zero-order valence-corrected chi connectivity index (χ0v) is 30.5. The summed E-state index contributed by atoms with van der Waals surface area (Å²) < 4.78 is 9.33. The minimum Gasteiger partial charge on any atom is -0.433 e. The van der Waals surface area contributed by atoms with Crippen LogP contribution in [0.4, 0.5) is 0 Å². The number of hydrogen-bond donors (Lipinski definition) is 5. The van der Waals surface area contributed by atoms with Gasteiger partial charge in [-0.3, -0.25) is 9.59 Å². The van der Waals surface area contributed by atoms with Crippen molar-refractivity contribution in [1.82, 2.24) is 0 Å². The molecule has 0 saturated carbocycles. The van der Waals surface area contributed by atoms with Gasteiger partial charge in [-0.15, -0.1) is 0 Å². The molecule has 0 spiro atoms. The molecule has 0 aromatic rings. The van der Waals surface area contributed by atoms with E-state index < -0.39 is 48.6 Å². The third-order valence-electron chi connectivity index (χ3n) is 8.99. The highest BCUT2D eigenvalue weighted by Gasteiger charge is 2.39. The molecule has 284 valence electrons. The van der Waals surface area contributed by atoms with E-state index in [1.54, 1.807) is 0 Å². The van der Waals surface area contributed by atoms with Gasteiger partial charge < -0.3 is 35.0 Å². The molecular weight excluding hydrogens is 616 g/mol.